The van der Waals surface area contributed by atoms with Gasteiger partial charge in [-0.15, -0.1) is 0 Å². The van der Waals surface area contributed by atoms with Crippen molar-refractivity contribution in [1.29, 1.82) is 0 Å². The number of aromatic nitrogens is 1. The average Bonchev–Trinajstić information content (AvgIpc) is 1.94. The van der Waals surface area contributed by atoms with Gasteiger partial charge in [-0.05, 0) is 11.6 Å². The van der Waals surface area contributed by atoms with Crippen molar-refractivity contribution in [2.24, 2.45) is 5.11 Å². The minimum absolute atomic E-state index is 0.0301. The molecule has 4 nitrogen and oxygen atoms in total. The highest BCUT2D eigenvalue weighted by Gasteiger charge is 1.94. The number of rotatable bonds is 1. The Hall–Kier alpha value is -1.61. The van der Waals surface area contributed by atoms with Crippen molar-refractivity contribution in [3.8, 4) is 0 Å². The van der Waals surface area contributed by atoms with Crippen molar-refractivity contribution in [1.82, 2.24) is 4.98 Å². The minimum Gasteiger partial charge on any atom is -0.262 e. The topological polar surface area (TPSA) is 61.7 Å². The van der Waals surface area contributed by atoms with Gasteiger partial charge in [0.05, 0.1) is 11.9 Å². The van der Waals surface area contributed by atoms with E-state index in [1.54, 1.807) is 0 Å². The molecule has 0 amide bonds. The van der Waals surface area contributed by atoms with Gasteiger partial charge in [-0.2, -0.15) is 0 Å². The molecule has 0 radical (unpaired) electrons. The second kappa shape index (κ2) is 2.80. The van der Waals surface area contributed by atoms with Crippen LogP contribution >= 0.6 is 0 Å². The fraction of sp³-hybridized carbons (Fsp3) is 0. The minimum atomic E-state index is -0.611. The van der Waals surface area contributed by atoms with Crippen molar-refractivity contribution in [2.75, 3.05) is 0 Å². The Morgan fingerprint density at radius 3 is 3.10 bits per heavy atom. The van der Waals surface area contributed by atoms with Gasteiger partial charge in [-0.3, -0.25) is 4.98 Å². The van der Waals surface area contributed by atoms with Crippen molar-refractivity contribution >= 4 is 5.69 Å². The van der Waals surface area contributed by atoms with Crippen molar-refractivity contribution in [3.63, 3.8) is 0 Å². The molecule has 5 heteroatoms. The fourth-order valence-corrected chi connectivity index (χ4v) is 0.497. The van der Waals surface area contributed by atoms with E-state index in [4.69, 9.17) is 5.53 Å². The molecule has 1 aromatic rings. The highest BCUT2D eigenvalue weighted by Crippen LogP contribution is 2.14. The van der Waals surface area contributed by atoms with E-state index in [1.807, 2.05) is 0 Å². The van der Waals surface area contributed by atoms with Crippen LogP contribution in [0.1, 0.15) is 0 Å². The molecule has 1 aromatic heterocycles. The second-order valence-electron chi connectivity index (χ2n) is 1.52. The van der Waals surface area contributed by atoms with Gasteiger partial charge in [0.15, 0.2) is 5.82 Å². The second-order valence-corrected chi connectivity index (χ2v) is 1.52. The average molecular weight is 138 g/mol. The Kier molecular flexibility index (Phi) is 1.82. The summed E-state index contributed by atoms with van der Waals surface area (Å²) < 4.78 is 12.4. The molecule has 0 fully saturated rings. The Balaban J connectivity index is 3.14. The number of hydrogen-bond donors (Lipinski definition) is 0. The number of hydrogen-bond acceptors (Lipinski definition) is 2. The van der Waals surface area contributed by atoms with Crippen LogP contribution in [0, 0.1) is 5.82 Å². The number of nitrogens with zero attached hydrogens (tertiary/aromatic N) is 4. The van der Waals surface area contributed by atoms with Crippen LogP contribution in [0.15, 0.2) is 23.6 Å². The molecule has 0 bridgehead atoms. The molecule has 10 heavy (non-hydrogen) atoms. The van der Waals surface area contributed by atoms with Crippen molar-refractivity contribution in [3.05, 3.63) is 34.7 Å². The lowest BCUT2D eigenvalue weighted by Gasteiger charge is -1.89. The molecule has 0 aliphatic rings. The van der Waals surface area contributed by atoms with Crippen LogP contribution in [0.25, 0.3) is 10.4 Å². The molecule has 0 aromatic carbocycles. The lowest BCUT2D eigenvalue weighted by Crippen LogP contribution is -1.75. The first-order valence-corrected chi connectivity index (χ1v) is 2.49. The van der Waals surface area contributed by atoms with Gasteiger partial charge < -0.3 is 0 Å². The zero-order valence-corrected chi connectivity index (χ0v) is 4.90. The molecule has 0 unspecified atom stereocenters. The molecule has 1 heterocycles. The molecular formula is C5H3FN4. The van der Waals surface area contributed by atoms with Crippen LogP contribution in [0.2, 0.25) is 0 Å². The van der Waals surface area contributed by atoms with E-state index < -0.39 is 5.82 Å². The third-order valence-corrected chi connectivity index (χ3v) is 0.904. The van der Waals surface area contributed by atoms with Crippen molar-refractivity contribution < 1.29 is 4.39 Å². The SMILES string of the molecule is [N-]=[N+]=Nc1ccncc1F. The molecule has 0 atom stereocenters. The quantitative estimate of drug-likeness (QED) is 0.333. The zero-order chi connectivity index (χ0) is 7.40. The molecule has 0 saturated heterocycles. The standard InChI is InChI=1S/C5H3FN4/c6-4-3-8-2-1-5(4)9-10-7/h1-3H. The summed E-state index contributed by atoms with van der Waals surface area (Å²) in [4.78, 5) is 5.89. The highest BCUT2D eigenvalue weighted by molar-refractivity contribution is 5.35. The summed E-state index contributed by atoms with van der Waals surface area (Å²) >= 11 is 0. The van der Waals surface area contributed by atoms with E-state index in [-0.39, 0.29) is 5.69 Å². The predicted molar refractivity (Wildman–Crippen MR) is 33.0 cm³/mol. The first kappa shape index (κ1) is 6.51. The first-order chi connectivity index (χ1) is 4.84. The summed E-state index contributed by atoms with van der Waals surface area (Å²) in [7, 11) is 0. The van der Waals surface area contributed by atoms with Gasteiger partial charge >= 0.3 is 0 Å². The van der Waals surface area contributed by atoms with E-state index in [0.717, 1.165) is 6.20 Å². The lowest BCUT2D eigenvalue weighted by molar-refractivity contribution is 0.623. The van der Waals surface area contributed by atoms with E-state index >= 15 is 0 Å². The normalized spacial score (nSPS) is 8.50. The maximum absolute atomic E-state index is 12.4. The van der Waals surface area contributed by atoms with Crippen LogP contribution in [0.4, 0.5) is 10.1 Å². The lowest BCUT2D eigenvalue weighted by atomic mass is 10.4. The van der Waals surface area contributed by atoms with Gasteiger partial charge in [0, 0.05) is 11.1 Å². The zero-order valence-electron chi connectivity index (χ0n) is 4.90. The summed E-state index contributed by atoms with van der Waals surface area (Å²) in [5.41, 5.74) is 7.89. The molecular weight excluding hydrogens is 135 g/mol. The largest absolute Gasteiger partial charge is 0.262 e. The summed E-state index contributed by atoms with van der Waals surface area (Å²) in [5, 5.41) is 3.07. The number of halogens is 1. The Labute approximate surface area is 56.0 Å². The molecule has 0 aliphatic heterocycles. The summed E-state index contributed by atoms with van der Waals surface area (Å²) in [5.74, 6) is -0.611. The molecule has 0 saturated carbocycles. The van der Waals surface area contributed by atoms with Gasteiger partial charge in [-0.25, -0.2) is 4.39 Å². The predicted octanol–water partition coefficient (Wildman–Crippen LogP) is 2.16. The molecule has 50 valence electrons. The smallest absolute Gasteiger partial charge is 0.151 e. The molecule has 0 N–H and O–H groups in total. The molecule has 0 aliphatic carbocycles. The Morgan fingerprint density at radius 1 is 1.70 bits per heavy atom. The summed E-state index contributed by atoms with van der Waals surface area (Å²) in [6.45, 7) is 0. The maximum atomic E-state index is 12.4. The van der Waals surface area contributed by atoms with Crippen LogP contribution in [-0.2, 0) is 0 Å². The molecule has 0 spiro atoms. The fourth-order valence-electron chi connectivity index (χ4n) is 0.497. The first-order valence-electron chi connectivity index (χ1n) is 2.49. The number of pyridine rings is 1. The van der Waals surface area contributed by atoms with Crippen molar-refractivity contribution in [2.45, 2.75) is 0 Å². The Bertz CT molecular complexity index is 279. The van der Waals surface area contributed by atoms with Gasteiger partial charge in [0.2, 0.25) is 0 Å². The van der Waals surface area contributed by atoms with E-state index in [2.05, 4.69) is 15.0 Å². The third kappa shape index (κ3) is 1.21. The third-order valence-electron chi connectivity index (χ3n) is 0.904. The van der Waals surface area contributed by atoms with Crippen LogP contribution in [0.5, 0.6) is 0 Å². The van der Waals surface area contributed by atoms with Crippen LogP contribution < -0.4 is 0 Å². The van der Waals surface area contributed by atoms with Gasteiger partial charge in [0.1, 0.15) is 0 Å². The number of azide groups is 1. The summed E-state index contributed by atoms with van der Waals surface area (Å²) in [6.07, 6.45) is 2.34. The highest BCUT2D eigenvalue weighted by atomic mass is 19.1. The summed E-state index contributed by atoms with van der Waals surface area (Å²) in [6, 6.07) is 1.30. The Morgan fingerprint density at radius 2 is 2.50 bits per heavy atom. The van der Waals surface area contributed by atoms with Crippen LogP contribution in [-0.4, -0.2) is 4.98 Å². The van der Waals surface area contributed by atoms with Gasteiger partial charge in [-0.1, -0.05) is 5.11 Å². The van der Waals surface area contributed by atoms with E-state index in [0.29, 0.717) is 0 Å². The van der Waals surface area contributed by atoms with Gasteiger partial charge in [0.25, 0.3) is 0 Å². The maximum Gasteiger partial charge on any atom is 0.151 e. The van der Waals surface area contributed by atoms with Crippen LogP contribution in [0.3, 0.4) is 0 Å². The van der Waals surface area contributed by atoms with E-state index in [9.17, 15) is 4.39 Å². The monoisotopic (exact) mass is 138 g/mol. The molecule has 1 rings (SSSR count). The van der Waals surface area contributed by atoms with E-state index in [1.165, 1.54) is 12.3 Å².